The van der Waals surface area contributed by atoms with Gasteiger partial charge in [-0.15, -0.1) is 5.10 Å². The third-order valence-corrected chi connectivity index (χ3v) is 5.02. The third-order valence-electron chi connectivity index (χ3n) is 5.02. The van der Waals surface area contributed by atoms with E-state index in [1.807, 2.05) is 4.90 Å². The number of rotatable bonds is 2. The molecule has 0 aromatic carbocycles. The number of hydrogen-bond acceptors (Lipinski definition) is 5. The van der Waals surface area contributed by atoms with Crippen LogP contribution in [-0.2, 0) is 22.4 Å². The minimum absolute atomic E-state index is 0.0181. The summed E-state index contributed by atoms with van der Waals surface area (Å²) in [5.41, 5.74) is 2.46. The van der Waals surface area contributed by atoms with Gasteiger partial charge in [-0.25, -0.2) is 0 Å². The molecule has 2 fully saturated rings. The molecule has 2 amide bonds. The molecule has 23 heavy (non-hydrogen) atoms. The maximum absolute atomic E-state index is 12.4. The molecule has 2 aliphatic heterocycles. The summed E-state index contributed by atoms with van der Waals surface area (Å²) in [5, 5.41) is 11.4. The number of hydrogen-bond donors (Lipinski definition) is 1. The molecule has 7 nitrogen and oxygen atoms in total. The van der Waals surface area contributed by atoms with Gasteiger partial charge in [0.25, 0.3) is 0 Å². The minimum atomic E-state index is -0.325. The molecule has 7 heteroatoms. The molecule has 0 saturated carbocycles. The van der Waals surface area contributed by atoms with Crippen molar-refractivity contribution in [3.63, 3.8) is 0 Å². The predicted octanol–water partition coefficient (Wildman–Crippen LogP) is -0.107. The van der Waals surface area contributed by atoms with Crippen LogP contribution >= 0.6 is 0 Å². The van der Waals surface area contributed by atoms with E-state index in [9.17, 15) is 9.59 Å². The zero-order valence-corrected chi connectivity index (χ0v) is 13.1. The minimum Gasteiger partial charge on any atom is -0.352 e. The van der Waals surface area contributed by atoms with Gasteiger partial charge in [0.2, 0.25) is 11.8 Å². The van der Waals surface area contributed by atoms with Gasteiger partial charge >= 0.3 is 0 Å². The van der Waals surface area contributed by atoms with Gasteiger partial charge in [0, 0.05) is 32.6 Å². The van der Waals surface area contributed by atoms with E-state index in [-0.39, 0.29) is 17.9 Å². The SMILES string of the molecule is O=C1CCC(C(=O)N2CCN(c3cc4c(nn3)CCC4)CC2)N1. The van der Waals surface area contributed by atoms with Crippen LogP contribution in [0.3, 0.4) is 0 Å². The van der Waals surface area contributed by atoms with E-state index in [0.717, 1.165) is 37.4 Å². The first-order chi connectivity index (χ1) is 11.2. The molecular formula is C16H21N5O2. The molecule has 0 spiro atoms. The number of anilines is 1. The van der Waals surface area contributed by atoms with E-state index in [1.165, 1.54) is 12.0 Å². The Morgan fingerprint density at radius 3 is 2.70 bits per heavy atom. The van der Waals surface area contributed by atoms with Crippen molar-refractivity contribution < 1.29 is 9.59 Å². The number of carbonyl (C=O) groups excluding carboxylic acids is 2. The highest BCUT2D eigenvalue weighted by atomic mass is 16.2. The van der Waals surface area contributed by atoms with Gasteiger partial charge in [-0.3, -0.25) is 9.59 Å². The molecule has 2 saturated heterocycles. The molecule has 0 bridgehead atoms. The van der Waals surface area contributed by atoms with Crippen molar-refractivity contribution >= 4 is 17.6 Å². The Bertz CT molecular complexity index is 639. The topological polar surface area (TPSA) is 78.4 Å². The van der Waals surface area contributed by atoms with Crippen molar-refractivity contribution in [2.75, 3.05) is 31.1 Å². The smallest absolute Gasteiger partial charge is 0.245 e. The van der Waals surface area contributed by atoms with Crippen molar-refractivity contribution in [2.45, 2.75) is 38.1 Å². The largest absolute Gasteiger partial charge is 0.352 e. The van der Waals surface area contributed by atoms with Crippen LogP contribution in [0.5, 0.6) is 0 Å². The van der Waals surface area contributed by atoms with Crippen LogP contribution in [0.15, 0.2) is 6.07 Å². The second-order valence-corrected chi connectivity index (χ2v) is 6.50. The summed E-state index contributed by atoms with van der Waals surface area (Å²) in [6.07, 6.45) is 4.38. The van der Waals surface area contributed by atoms with Gasteiger partial charge in [0.15, 0.2) is 5.82 Å². The average molecular weight is 315 g/mol. The maximum Gasteiger partial charge on any atom is 0.245 e. The lowest BCUT2D eigenvalue weighted by Crippen LogP contribution is -2.53. The molecule has 4 rings (SSSR count). The molecule has 3 aliphatic rings. The van der Waals surface area contributed by atoms with E-state index in [1.54, 1.807) is 0 Å². The Kier molecular flexibility index (Phi) is 3.63. The summed E-state index contributed by atoms with van der Waals surface area (Å²) in [4.78, 5) is 27.7. The highest BCUT2D eigenvalue weighted by molar-refractivity contribution is 5.90. The number of carbonyl (C=O) groups is 2. The number of fused-ring (bicyclic) bond motifs is 1. The quantitative estimate of drug-likeness (QED) is 0.824. The molecule has 1 unspecified atom stereocenters. The van der Waals surface area contributed by atoms with E-state index >= 15 is 0 Å². The van der Waals surface area contributed by atoms with E-state index in [0.29, 0.717) is 25.9 Å². The highest BCUT2D eigenvalue weighted by Crippen LogP contribution is 2.23. The summed E-state index contributed by atoms with van der Waals surface area (Å²) >= 11 is 0. The fourth-order valence-corrected chi connectivity index (χ4v) is 3.65. The Morgan fingerprint density at radius 1 is 1.13 bits per heavy atom. The zero-order chi connectivity index (χ0) is 15.8. The first kappa shape index (κ1) is 14.4. The Hall–Kier alpha value is -2.18. The van der Waals surface area contributed by atoms with Crippen LogP contribution in [0.2, 0.25) is 0 Å². The lowest BCUT2D eigenvalue weighted by Gasteiger charge is -2.36. The molecule has 1 N–H and O–H groups in total. The number of aryl methyl sites for hydroxylation is 2. The lowest BCUT2D eigenvalue weighted by atomic mass is 10.2. The van der Waals surface area contributed by atoms with Gasteiger partial charge in [0.05, 0.1) is 5.69 Å². The number of nitrogens with one attached hydrogen (secondary N) is 1. The average Bonchev–Trinajstić information content (AvgIpc) is 3.22. The van der Waals surface area contributed by atoms with Crippen molar-refractivity contribution in [1.82, 2.24) is 20.4 Å². The van der Waals surface area contributed by atoms with Crippen LogP contribution < -0.4 is 10.2 Å². The number of amides is 2. The van der Waals surface area contributed by atoms with Crippen LogP contribution in [0.1, 0.15) is 30.5 Å². The van der Waals surface area contributed by atoms with Gasteiger partial charge < -0.3 is 15.1 Å². The van der Waals surface area contributed by atoms with E-state index in [2.05, 4.69) is 26.5 Å². The standard InChI is InChI=1S/C16H21N5O2/c22-15-5-4-13(17-15)16(23)21-8-6-20(7-9-21)14-10-11-2-1-3-12(11)18-19-14/h10,13H,1-9H2,(H,17,22). The zero-order valence-electron chi connectivity index (χ0n) is 13.1. The Labute approximate surface area is 135 Å². The van der Waals surface area contributed by atoms with Gasteiger partial charge in [0.1, 0.15) is 6.04 Å². The molecule has 1 aliphatic carbocycles. The van der Waals surface area contributed by atoms with Gasteiger partial charge in [-0.1, -0.05) is 0 Å². The van der Waals surface area contributed by atoms with Crippen molar-refractivity contribution in [3.8, 4) is 0 Å². The molecule has 1 atom stereocenters. The van der Waals surface area contributed by atoms with Crippen LogP contribution in [0.4, 0.5) is 5.82 Å². The Balaban J connectivity index is 1.37. The van der Waals surface area contributed by atoms with Crippen molar-refractivity contribution in [3.05, 3.63) is 17.3 Å². The summed E-state index contributed by atoms with van der Waals surface area (Å²) in [6.45, 7) is 2.87. The van der Waals surface area contributed by atoms with Crippen LogP contribution in [-0.4, -0.2) is 59.1 Å². The molecule has 3 heterocycles. The van der Waals surface area contributed by atoms with Crippen molar-refractivity contribution in [2.24, 2.45) is 0 Å². The normalized spacial score (nSPS) is 23.8. The van der Waals surface area contributed by atoms with Gasteiger partial charge in [-0.05, 0) is 37.3 Å². The van der Waals surface area contributed by atoms with Crippen LogP contribution in [0, 0.1) is 0 Å². The molecule has 122 valence electrons. The summed E-state index contributed by atoms with van der Waals surface area (Å²) in [6, 6.07) is 1.83. The van der Waals surface area contributed by atoms with Crippen LogP contribution in [0.25, 0.3) is 0 Å². The fraction of sp³-hybridized carbons (Fsp3) is 0.625. The summed E-state index contributed by atoms with van der Waals surface area (Å²) < 4.78 is 0. The maximum atomic E-state index is 12.4. The third kappa shape index (κ3) is 2.75. The summed E-state index contributed by atoms with van der Waals surface area (Å²) in [5.74, 6) is 0.956. The lowest BCUT2D eigenvalue weighted by molar-refractivity contribution is -0.134. The van der Waals surface area contributed by atoms with Crippen molar-refractivity contribution in [1.29, 1.82) is 0 Å². The first-order valence-corrected chi connectivity index (χ1v) is 8.39. The highest BCUT2D eigenvalue weighted by Gasteiger charge is 2.32. The van der Waals surface area contributed by atoms with Gasteiger partial charge in [-0.2, -0.15) is 5.10 Å². The summed E-state index contributed by atoms with van der Waals surface area (Å²) in [7, 11) is 0. The number of piperazine rings is 1. The predicted molar refractivity (Wildman–Crippen MR) is 84.0 cm³/mol. The second-order valence-electron chi connectivity index (χ2n) is 6.50. The number of aromatic nitrogens is 2. The number of nitrogens with zero attached hydrogens (tertiary/aromatic N) is 4. The first-order valence-electron chi connectivity index (χ1n) is 8.39. The monoisotopic (exact) mass is 315 g/mol. The second kappa shape index (κ2) is 5.79. The molecule has 1 aromatic heterocycles. The molecule has 0 radical (unpaired) electrons. The Morgan fingerprint density at radius 2 is 1.96 bits per heavy atom. The fourth-order valence-electron chi connectivity index (χ4n) is 3.65. The van der Waals surface area contributed by atoms with E-state index in [4.69, 9.17) is 0 Å². The molecular weight excluding hydrogens is 294 g/mol. The molecule has 1 aromatic rings. The van der Waals surface area contributed by atoms with E-state index < -0.39 is 0 Å².